The van der Waals surface area contributed by atoms with Gasteiger partial charge in [0.25, 0.3) is 5.91 Å². The molecule has 2 rings (SSSR count). The summed E-state index contributed by atoms with van der Waals surface area (Å²) in [6.45, 7) is 1.63. The van der Waals surface area contributed by atoms with E-state index in [4.69, 9.17) is 27.9 Å². The summed E-state index contributed by atoms with van der Waals surface area (Å²) in [5.41, 5.74) is 1.10. The highest BCUT2D eigenvalue weighted by Gasteiger charge is 2.26. The highest BCUT2D eigenvalue weighted by Crippen LogP contribution is 2.34. The van der Waals surface area contributed by atoms with Gasteiger partial charge in [0.1, 0.15) is 5.00 Å². The Hall–Kier alpha value is -2.35. The lowest BCUT2D eigenvalue weighted by atomic mass is 10.1. The third kappa shape index (κ3) is 4.73. The Kier molecular flexibility index (Phi) is 7.23. The number of carbonyl (C=O) groups excluding carboxylic acids is 3. The third-order valence-corrected chi connectivity index (χ3v) is 5.63. The maximum absolute atomic E-state index is 12.4. The molecule has 0 saturated heterocycles. The smallest absolute Gasteiger partial charge is 0.341 e. The normalized spacial score (nSPS) is 10.8. The Morgan fingerprint density at radius 1 is 1.18 bits per heavy atom. The van der Waals surface area contributed by atoms with Crippen molar-refractivity contribution in [2.24, 2.45) is 0 Å². The molecule has 9 heteroatoms. The Morgan fingerprint density at radius 3 is 2.32 bits per heavy atom. The van der Waals surface area contributed by atoms with Crippen molar-refractivity contribution in [3.8, 4) is 0 Å². The van der Waals surface area contributed by atoms with Crippen molar-refractivity contribution in [2.45, 2.75) is 6.92 Å². The maximum Gasteiger partial charge on any atom is 0.341 e. The summed E-state index contributed by atoms with van der Waals surface area (Å²) in [6.07, 6.45) is 2.72. The molecule has 0 unspecified atom stereocenters. The molecule has 0 spiro atoms. The standard InChI is InChI=1S/C19H18Cl2N2O4S/c1-10-15(19(26)27-4)17(28-16(10)18(25)23(2)3)22-14(24)9-8-11-12(20)6-5-7-13(11)21/h5-9H,1-4H3,(H,22,24)/b9-8+. The van der Waals surface area contributed by atoms with E-state index < -0.39 is 11.9 Å². The van der Waals surface area contributed by atoms with Gasteiger partial charge < -0.3 is 15.0 Å². The first-order chi connectivity index (χ1) is 13.2. The number of benzene rings is 1. The van der Waals surface area contributed by atoms with E-state index in [1.807, 2.05) is 0 Å². The number of methoxy groups -OCH3 is 1. The second-order valence-electron chi connectivity index (χ2n) is 5.91. The topological polar surface area (TPSA) is 75.7 Å². The van der Waals surface area contributed by atoms with Crippen LogP contribution in [0.25, 0.3) is 6.08 Å². The number of hydrogen-bond donors (Lipinski definition) is 1. The number of rotatable bonds is 5. The summed E-state index contributed by atoms with van der Waals surface area (Å²) in [5, 5.41) is 3.66. The van der Waals surface area contributed by atoms with Crippen molar-refractivity contribution >= 4 is 63.4 Å². The monoisotopic (exact) mass is 440 g/mol. The molecule has 1 aromatic heterocycles. The zero-order chi connectivity index (χ0) is 21.0. The number of halogens is 2. The number of anilines is 1. The van der Waals surface area contributed by atoms with E-state index in [1.54, 1.807) is 39.2 Å². The van der Waals surface area contributed by atoms with E-state index in [0.29, 0.717) is 26.0 Å². The van der Waals surface area contributed by atoms with E-state index in [9.17, 15) is 14.4 Å². The molecule has 0 aliphatic carbocycles. The highest BCUT2D eigenvalue weighted by atomic mass is 35.5. The lowest BCUT2D eigenvalue weighted by Crippen LogP contribution is -2.21. The van der Waals surface area contributed by atoms with E-state index in [1.165, 1.54) is 24.2 Å². The first-order valence-corrected chi connectivity index (χ1v) is 9.61. The Balaban J connectivity index is 2.35. The second kappa shape index (κ2) is 9.23. The minimum absolute atomic E-state index is 0.148. The van der Waals surface area contributed by atoms with Crippen LogP contribution in [0, 0.1) is 6.92 Å². The van der Waals surface area contributed by atoms with Crippen molar-refractivity contribution in [3.63, 3.8) is 0 Å². The van der Waals surface area contributed by atoms with Gasteiger partial charge in [-0.3, -0.25) is 9.59 Å². The molecule has 0 aliphatic heterocycles. The molecule has 1 N–H and O–H groups in total. The van der Waals surface area contributed by atoms with Crippen LogP contribution in [0.2, 0.25) is 10.0 Å². The fraction of sp³-hybridized carbons (Fsp3) is 0.211. The lowest BCUT2D eigenvalue weighted by molar-refractivity contribution is -0.111. The summed E-state index contributed by atoms with van der Waals surface area (Å²) < 4.78 is 4.79. The van der Waals surface area contributed by atoms with Gasteiger partial charge in [-0.15, -0.1) is 11.3 Å². The molecule has 0 aliphatic rings. The molecule has 28 heavy (non-hydrogen) atoms. The molecule has 1 aromatic carbocycles. The van der Waals surface area contributed by atoms with Crippen LogP contribution in [0.5, 0.6) is 0 Å². The average Bonchev–Trinajstić information content (AvgIpc) is 2.95. The lowest BCUT2D eigenvalue weighted by Gasteiger charge is -2.08. The minimum Gasteiger partial charge on any atom is -0.465 e. The van der Waals surface area contributed by atoms with E-state index in [0.717, 1.165) is 11.3 Å². The van der Waals surface area contributed by atoms with Crippen LogP contribution < -0.4 is 5.32 Å². The van der Waals surface area contributed by atoms with Gasteiger partial charge in [-0.2, -0.15) is 0 Å². The molecule has 2 amide bonds. The SMILES string of the molecule is COC(=O)c1c(NC(=O)/C=C/c2c(Cl)cccc2Cl)sc(C(=O)N(C)C)c1C. The number of nitrogens with zero attached hydrogens (tertiary/aromatic N) is 1. The van der Waals surface area contributed by atoms with Crippen LogP contribution >= 0.6 is 34.5 Å². The molecule has 6 nitrogen and oxygen atoms in total. The van der Waals surface area contributed by atoms with Gasteiger partial charge in [-0.1, -0.05) is 29.3 Å². The average molecular weight is 441 g/mol. The molecule has 0 fully saturated rings. The fourth-order valence-electron chi connectivity index (χ4n) is 2.34. The van der Waals surface area contributed by atoms with Gasteiger partial charge in [0, 0.05) is 35.8 Å². The van der Waals surface area contributed by atoms with Crippen LogP contribution in [0.1, 0.15) is 31.2 Å². The van der Waals surface area contributed by atoms with Crippen LogP contribution in [-0.4, -0.2) is 43.9 Å². The molecular formula is C19H18Cl2N2O4S. The van der Waals surface area contributed by atoms with Gasteiger partial charge in [-0.05, 0) is 30.7 Å². The third-order valence-electron chi connectivity index (χ3n) is 3.77. The number of carbonyl (C=O) groups is 3. The summed E-state index contributed by atoms with van der Waals surface area (Å²) in [7, 11) is 4.44. The van der Waals surface area contributed by atoms with Crippen molar-refractivity contribution in [1.29, 1.82) is 0 Å². The summed E-state index contributed by atoms with van der Waals surface area (Å²) in [5.74, 6) is -1.42. The molecule has 2 aromatic rings. The zero-order valence-corrected chi connectivity index (χ0v) is 18.0. The molecule has 1 heterocycles. The highest BCUT2D eigenvalue weighted by molar-refractivity contribution is 7.18. The van der Waals surface area contributed by atoms with E-state index in [-0.39, 0.29) is 16.5 Å². The minimum atomic E-state index is -0.639. The number of nitrogens with one attached hydrogen (secondary N) is 1. The first kappa shape index (κ1) is 21.9. The molecule has 0 saturated carbocycles. The van der Waals surface area contributed by atoms with E-state index in [2.05, 4.69) is 5.32 Å². The van der Waals surface area contributed by atoms with Crippen LogP contribution in [0.15, 0.2) is 24.3 Å². The van der Waals surface area contributed by atoms with Gasteiger partial charge in [-0.25, -0.2) is 4.79 Å². The number of hydrogen-bond acceptors (Lipinski definition) is 5. The predicted octanol–water partition coefficient (Wildman–Crippen LogP) is 4.50. The molecule has 0 radical (unpaired) electrons. The number of thiophene rings is 1. The van der Waals surface area contributed by atoms with Crippen LogP contribution in [-0.2, 0) is 9.53 Å². The van der Waals surface area contributed by atoms with Crippen molar-refractivity contribution in [3.05, 3.63) is 55.9 Å². The Labute approximate surface area is 176 Å². The van der Waals surface area contributed by atoms with Crippen LogP contribution in [0.4, 0.5) is 5.00 Å². The Morgan fingerprint density at radius 2 is 1.79 bits per heavy atom. The van der Waals surface area contributed by atoms with Gasteiger partial charge in [0.2, 0.25) is 5.91 Å². The van der Waals surface area contributed by atoms with Gasteiger partial charge >= 0.3 is 5.97 Å². The summed E-state index contributed by atoms with van der Waals surface area (Å²) in [4.78, 5) is 38.6. The van der Waals surface area contributed by atoms with Crippen LogP contribution in [0.3, 0.4) is 0 Å². The second-order valence-corrected chi connectivity index (χ2v) is 7.74. The fourth-order valence-corrected chi connectivity index (χ4v) is 4.08. The summed E-state index contributed by atoms with van der Waals surface area (Å²) >= 11 is 13.2. The Bertz CT molecular complexity index is 947. The largest absolute Gasteiger partial charge is 0.465 e. The van der Waals surface area contributed by atoms with Crippen molar-refractivity contribution in [1.82, 2.24) is 4.90 Å². The quantitative estimate of drug-likeness (QED) is 0.548. The summed E-state index contributed by atoms with van der Waals surface area (Å²) in [6, 6.07) is 5.01. The molecular weight excluding hydrogens is 423 g/mol. The van der Waals surface area contributed by atoms with E-state index >= 15 is 0 Å². The van der Waals surface area contributed by atoms with Crippen molar-refractivity contribution < 1.29 is 19.1 Å². The number of ether oxygens (including phenoxy) is 1. The zero-order valence-electron chi connectivity index (χ0n) is 15.6. The van der Waals surface area contributed by atoms with Crippen molar-refractivity contribution in [2.75, 3.05) is 26.5 Å². The molecule has 0 bridgehead atoms. The predicted molar refractivity (Wildman–Crippen MR) is 113 cm³/mol. The number of esters is 1. The maximum atomic E-state index is 12.4. The first-order valence-electron chi connectivity index (χ1n) is 8.03. The van der Waals surface area contributed by atoms with Gasteiger partial charge in [0.15, 0.2) is 0 Å². The molecule has 148 valence electrons. The number of amides is 2. The molecule has 0 atom stereocenters. The van der Waals surface area contributed by atoms with Gasteiger partial charge in [0.05, 0.1) is 17.6 Å².